The number of benzene rings is 1. The van der Waals surface area contributed by atoms with E-state index in [1.165, 1.54) is 7.11 Å². The summed E-state index contributed by atoms with van der Waals surface area (Å²) in [5.41, 5.74) is 2.82. The number of hydrogen-bond donors (Lipinski definition) is 0. The van der Waals surface area contributed by atoms with Crippen molar-refractivity contribution >= 4 is 11.7 Å². The molecule has 1 aromatic rings. The summed E-state index contributed by atoms with van der Waals surface area (Å²) in [6, 6.07) is 6.01. The summed E-state index contributed by atoms with van der Waals surface area (Å²) in [4.78, 5) is 13.6. The van der Waals surface area contributed by atoms with E-state index in [0.717, 1.165) is 11.3 Å². The molecule has 0 aliphatic carbocycles. The van der Waals surface area contributed by atoms with E-state index in [4.69, 9.17) is 4.74 Å². The van der Waals surface area contributed by atoms with Gasteiger partial charge in [-0.25, -0.2) is 4.79 Å². The van der Waals surface area contributed by atoms with Gasteiger partial charge < -0.3 is 9.64 Å². The Kier molecular flexibility index (Phi) is 3.93. The molecule has 0 spiro atoms. The molecule has 0 saturated heterocycles. The molecule has 0 N–H and O–H groups in total. The lowest BCUT2D eigenvalue weighted by molar-refractivity contribution is 0.0601. The number of rotatable bonds is 3. The predicted molar refractivity (Wildman–Crippen MR) is 66.1 cm³/mol. The zero-order valence-electron chi connectivity index (χ0n) is 10.6. The van der Waals surface area contributed by atoms with Gasteiger partial charge >= 0.3 is 5.97 Å². The number of methoxy groups -OCH3 is 1. The minimum Gasteiger partial charge on any atom is -0.465 e. The van der Waals surface area contributed by atoms with Gasteiger partial charge in [0.2, 0.25) is 0 Å². The van der Waals surface area contributed by atoms with Crippen LogP contribution < -0.4 is 4.90 Å². The van der Waals surface area contributed by atoms with Crippen molar-refractivity contribution in [2.24, 2.45) is 0 Å². The molecule has 0 atom stereocenters. The Morgan fingerprint density at radius 2 is 2.00 bits per heavy atom. The first-order valence-corrected chi connectivity index (χ1v) is 5.39. The van der Waals surface area contributed by atoms with Crippen LogP contribution >= 0.6 is 0 Å². The minimum atomic E-state index is -0.293. The monoisotopic (exact) mass is 221 g/mol. The van der Waals surface area contributed by atoms with Crippen LogP contribution in [0.25, 0.3) is 0 Å². The van der Waals surface area contributed by atoms with Crippen molar-refractivity contribution < 1.29 is 9.53 Å². The average Bonchev–Trinajstić information content (AvgIpc) is 2.27. The third-order valence-corrected chi connectivity index (χ3v) is 2.78. The number of carbonyl (C=O) groups excluding carboxylic acids is 1. The maximum absolute atomic E-state index is 11.4. The smallest absolute Gasteiger partial charge is 0.337 e. The molecule has 3 heteroatoms. The lowest BCUT2D eigenvalue weighted by Gasteiger charge is -2.26. The number of nitrogens with zero attached hydrogens (tertiary/aromatic N) is 1. The Balaban J connectivity index is 3.13. The van der Waals surface area contributed by atoms with Gasteiger partial charge in [-0.1, -0.05) is 6.07 Å². The number of aryl methyl sites for hydroxylation is 1. The average molecular weight is 221 g/mol. The molecule has 1 aromatic carbocycles. The second-order valence-electron chi connectivity index (χ2n) is 4.20. The van der Waals surface area contributed by atoms with Crippen molar-refractivity contribution in [2.45, 2.75) is 26.8 Å². The Hall–Kier alpha value is -1.51. The van der Waals surface area contributed by atoms with Crippen molar-refractivity contribution in [3.05, 3.63) is 29.3 Å². The molecule has 0 heterocycles. The van der Waals surface area contributed by atoms with Crippen LogP contribution in [0.2, 0.25) is 0 Å². The molecule has 0 aliphatic rings. The number of anilines is 1. The van der Waals surface area contributed by atoms with Gasteiger partial charge in [-0.05, 0) is 38.5 Å². The van der Waals surface area contributed by atoms with Crippen LogP contribution in [-0.2, 0) is 4.74 Å². The van der Waals surface area contributed by atoms with Crippen molar-refractivity contribution in [3.8, 4) is 0 Å². The molecule has 0 aliphatic heterocycles. The summed E-state index contributed by atoms with van der Waals surface area (Å²) in [7, 11) is 3.42. The van der Waals surface area contributed by atoms with Crippen molar-refractivity contribution in [3.63, 3.8) is 0 Å². The van der Waals surface area contributed by atoms with Gasteiger partial charge in [0.05, 0.1) is 12.7 Å². The van der Waals surface area contributed by atoms with Crippen molar-refractivity contribution in [2.75, 3.05) is 19.1 Å². The van der Waals surface area contributed by atoms with Crippen molar-refractivity contribution in [1.29, 1.82) is 0 Å². The maximum Gasteiger partial charge on any atom is 0.337 e. The maximum atomic E-state index is 11.4. The molecule has 88 valence electrons. The number of esters is 1. The van der Waals surface area contributed by atoms with Crippen molar-refractivity contribution in [1.82, 2.24) is 0 Å². The summed E-state index contributed by atoms with van der Waals surface area (Å²) in [5.74, 6) is -0.293. The quantitative estimate of drug-likeness (QED) is 0.735. The number of ether oxygens (including phenoxy) is 1. The highest BCUT2D eigenvalue weighted by Gasteiger charge is 2.12. The fourth-order valence-corrected chi connectivity index (χ4v) is 1.51. The molecule has 0 unspecified atom stereocenters. The fourth-order valence-electron chi connectivity index (χ4n) is 1.51. The molecule has 0 amide bonds. The molecule has 3 nitrogen and oxygen atoms in total. The Morgan fingerprint density at radius 1 is 1.38 bits per heavy atom. The van der Waals surface area contributed by atoms with Gasteiger partial charge in [0.25, 0.3) is 0 Å². The van der Waals surface area contributed by atoms with E-state index >= 15 is 0 Å². The standard InChI is InChI=1S/C13H19NO2/c1-9(2)14(4)12-8-11(13(15)16-5)7-6-10(12)3/h6-9H,1-5H3. The first kappa shape index (κ1) is 12.6. The molecule has 0 saturated carbocycles. The van der Waals surface area contributed by atoms with Gasteiger partial charge in [0.15, 0.2) is 0 Å². The summed E-state index contributed by atoms with van der Waals surface area (Å²) < 4.78 is 4.71. The SMILES string of the molecule is COC(=O)c1ccc(C)c(N(C)C(C)C)c1. The Bertz CT molecular complexity index is 386. The van der Waals surface area contributed by atoms with Crippen LogP contribution in [0.3, 0.4) is 0 Å². The number of hydrogen-bond acceptors (Lipinski definition) is 3. The lowest BCUT2D eigenvalue weighted by atomic mass is 10.1. The third-order valence-electron chi connectivity index (χ3n) is 2.78. The predicted octanol–water partition coefficient (Wildman–Crippen LogP) is 2.63. The Labute approximate surface area is 97.0 Å². The fraction of sp³-hybridized carbons (Fsp3) is 0.462. The Morgan fingerprint density at radius 3 is 2.50 bits per heavy atom. The van der Waals surface area contributed by atoms with E-state index in [9.17, 15) is 4.79 Å². The van der Waals surface area contributed by atoms with Gasteiger partial charge in [0.1, 0.15) is 0 Å². The van der Waals surface area contributed by atoms with Crippen LogP contribution in [0.4, 0.5) is 5.69 Å². The first-order valence-electron chi connectivity index (χ1n) is 5.39. The molecular weight excluding hydrogens is 202 g/mol. The minimum absolute atomic E-state index is 0.293. The van der Waals surface area contributed by atoms with Crippen LogP contribution in [0, 0.1) is 6.92 Å². The third kappa shape index (κ3) is 2.54. The van der Waals surface area contributed by atoms with Gasteiger partial charge in [-0.3, -0.25) is 0 Å². The van der Waals surface area contributed by atoms with E-state index in [1.807, 2.05) is 26.1 Å². The lowest BCUT2D eigenvalue weighted by Crippen LogP contribution is -2.26. The van der Waals surface area contributed by atoms with Crippen LogP contribution in [0.15, 0.2) is 18.2 Å². The van der Waals surface area contributed by atoms with E-state index in [2.05, 4.69) is 18.7 Å². The van der Waals surface area contributed by atoms with E-state index in [0.29, 0.717) is 11.6 Å². The van der Waals surface area contributed by atoms with Gasteiger partial charge in [-0.2, -0.15) is 0 Å². The second-order valence-corrected chi connectivity index (χ2v) is 4.20. The molecule has 16 heavy (non-hydrogen) atoms. The summed E-state index contributed by atoms with van der Waals surface area (Å²) in [6.07, 6.45) is 0. The molecular formula is C13H19NO2. The van der Waals surface area contributed by atoms with Crippen LogP contribution in [-0.4, -0.2) is 26.2 Å². The zero-order chi connectivity index (χ0) is 12.3. The first-order chi connectivity index (χ1) is 7.47. The summed E-state index contributed by atoms with van der Waals surface area (Å²) in [5, 5.41) is 0. The van der Waals surface area contributed by atoms with Gasteiger partial charge in [-0.15, -0.1) is 0 Å². The van der Waals surface area contributed by atoms with E-state index < -0.39 is 0 Å². The number of carbonyl (C=O) groups is 1. The molecule has 0 bridgehead atoms. The zero-order valence-corrected chi connectivity index (χ0v) is 10.6. The molecule has 1 rings (SSSR count). The normalized spacial score (nSPS) is 10.4. The van der Waals surface area contributed by atoms with E-state index in [1.54, 1.807) is 6.07 Å². The second kappa shape index (κ2) is 5.01. The largest absolute Gasteiger partial charge is 0.465 e. The molecule has 0 aromatic heterocycles. The molecule has 0 radical (unpaired) electrons. The highest BCUT2D eigenvalue weighted by molar-refractivity contribution is 5.90. The highest BCUT2D eigenvalue weighted by atomic mass is 16.5. The highest BCUT2D eigenvalue weighted by Crippen LogP contribution is 2.22. The van der Waals surface area contributed by atoms with Crippen LogP contribution in [0.1, 0.15) is 29.8 Å². The van der Waals surface area contributed by atoms with E-state index in [-0.39, 0.29) is 5.97 Å². The summed E-state index contributed by atoms with van der Waals surface area (Å²) >= 11 is 0. The summed E-state index contributed by atoms with van der Waals surface area (Å²) in [6.45, 7) is 6.27. The van der Waals surface area contributed by atoms with Gasteiger partial charge in [0, 0.05) is 18.8 Å². The van der Waals surface area contributed by atoms with Crippen LogP contribution in [0.5, 0.6) is 0 Å². The molecule has 0 fully saturated rings. The topological polar surface area (TPSA) is 29.5 Å².